The number of nitrogens with one attached hydrogen (secondary N) is 1. The SMILES string of the molecule is COc1cccn2c(C(=O)Nc3ccc(Br)cc3)c(C)nc12. The van der Waals surface area contributed by atoms with E-state index < -0.39 is 0 Å². The number of fused-ring (bicyclic) bond motifs is 1. The van der Waals surface area contributed by atoms with Gasteiger partial charge in [-0.15, -0.1) is 0 Å². The molecule has 0 radical (unpaired) electrons. The molecule has 0 spiro atoms. The maximum absolute atomic E-state index is 12.6. The van der Waals surface area contributed by atoms with Crippen molar-refractivity contribution in [2.24, 2.45) is 0 Å². The fraction of sp³-hybridized carbons (Fsp3) is 0.125. The number of ether oxygens (including phenoxy) is 1. The Morgan fingerprint density at radius 3 is 2.68 bits per heavy atom. The highest BCUT2D eigenvalue weighted by Crippen LogP contribution is 2.22. The molecule has 0 saturated heterocycles. The van der Waals surface area contributed by atoms with E-state index in [1.807, 2.05) is 43.3 Å². The van der Waals surface area contributed by atoms with Gasteiger partial charge in [-0.2, -0.15) is 0 Å². The first-order chi connectivity index (χ1) is 10.6. The molecule has 22 heavy (non-hydrogen) atoms. The van der Waals surface area contributed by atoms with Crippen molar-refractivity contribution < 1.29 is 9.53 Å². The zero-order valence-corrected chi connectivity index (χ0v) is 13.7. The van der Waals surface area contributed by atoms with Crippen molar-refractivity contribution in [2.45, 2.75) is 6.92 Å². The number of hydrogen-bond acceptors (Lipinski definition) is 3. The first-order valence-electron chi connectivity index (χ1n) is 6.68. The Kier molecular flexibility index (Phi) is 3.85. The number of amides is 1. The van der Waals surface area contributed by atoms with Crippen LogP contribution in [-0.4, -0.2) is 22.4 Å². The minimum Gasteiger partial charge on any atom is -0.493 e. The van der Waals surface area contributed by atoms with Crippen molar-refractivity contribution in [3.8, 4) is 5.75 Å². The third-order valence-electron chi connectivity index (χ3n) is 3.33. The molecular formula is C16H14BrN3O2. The zero-order chi connectivity index (χ0) is 15.7. The van der Waals surface area contributed by atoms with Crippen LogP contribution in [0.2, 0.25) is 0 Å². The molecule has 2 heterocycles. The highest BCUT2D eigenvalue weighted by Gasteiger charge is 2.18. The third-order valence-corrected chi connectivity index (χ3v) is 3.85. The first kappa shape index (κ1) is 14.6. The van der Waals surface area contributed by atoms with E-state index in [4.69, 9.17) is 4.74 Å². The molecule has 1 amide bonds. The van der Waals surface area contributed by atoms with Gasteiger partial charge in [0.15, 0.2) is 11.4 Å². The maximum atomic E-state index is 12.6. The smallest absolute Gasteiger partial charge is 0.274 e. The van der Waals surface area contributed by atoms with Gasteiger partial charge in [-0.3, -0.25) is 9.20 Å². The largest absolute Gasteiger partial charge is 0.493 e. The number of pyridine rings is 1. The topological polar surface area (TPSA) is 55.6 Å². The van der Waals surface area contributed by atoms with E-state index >= 15 is 0 Å². The molecular weight excluding hydrogens is 346 g/mol. The van der Waals surface area contributed by atoms with Crippen LogP contribution in [0.25, 0.3) is 5.65 Å². The quantitative estimate of drug-likeness (QED) is 0.776. The number of halogens is 1. The highest BCUT2D eigenvalue weighted by atomic mass is 79.9. The number of hydrogen-bond donors (Lipinski definition) is 1. The molecule has 0 aliphatic heterocycles. The van der Waals surface area contributed by atoms with Crippen LogP contribution in [0.1, 0.15) is 16.2 Å². The van der Waals surface area contributed by atoms with E-state index in [1.54, 1.807) is 17.7 Å². The number of nitrogens with zero attached hydrogens (tertiary/aromatic N) is 2. The van der Waals surface area contributed by atoms with E-state index in [0.717, 1.165) is 10.2 Å². The molecule has 0 atom stereocenters. The highest BCUT2D eigenvalue weighted by molar-refractivity contribution is 9.10. The van der Waals surface area contributed by atoms with Crippen molar-refractivity contribution in [3.63, 3.8) is 0 Å². The van der Waals surface area contributed by atoms with Gasteiger partial charge in [-0.25, -0.2) is 4.98 Å². The van der Waals surface area contributed by atoms with Gasteiger partial charge in [0, 0.05) is 16.4 Å². The lowest BCUT2D eigenvalue weighted by Gasteiger charge is -2.07. The van der Waals surface area contributed by atoms with Gasteiger partial charge in [0.25, 0.3) is 5.91 Å². The fourth-order valence-electron chi connectivity index (χ4n) is 2.31. The summed E-state index contributed by atoms with van der Waals surface area (Å²) < 4.78 is 7.98. The van der Waals surface area contributed by atoms with Crippen LogP contribution >= 0.6 is 15.9 Å². The second-order valence-corrected chi connectivity index (χ2v) is 5.69. The molecule has 1 N–H and O–H groups in total. The van der Waals surface area contributed by atoms with Crippen molar-refractivity contribution in [2.75, 3.05) is 12.4 Å². The predicted octanol–water partition coefficient (Wildman–Crippen LogP) is 3.67. The molecule has 0 aliphatic carbocycles. The van der Waals surface area contributed by atoms with Crippen LogP contribution in [0.4, 0.5) is 5.69 Å². The lowest BCUT2D eigenvalue weighted by atomic mass is 10.3. The number of benzene rings is 1. The predicted molar refractivity (Wildman–Crippen MR) is 88.6 cm³/mol. The van der Waals surface area contributed by atoms with Crippen molar-refractivity contribution in [1.29, 1.82) is 0 Å². The van der Waals surface area contributed by atoms with Crippen molar-refractivity contribution >= 4 is 33.2 Å². The van der Waals surface area contributed by atoms with Gasteiger partial charge in [-0.1, -0.05) is 15.9 Å². The molecule has 3 aromatic rings. The summed E-state index contributed by atoms with van der Waals surface area (Å²) in [6.45, 7) is 1.81. The number of carbonyl (C=O) groups excluding carboxylic acids is 1. The van der Waals surface area contributed by atoms with Crippen LogP contribution in [0.3, 0.4) is 0 Å². The Bertz CT molecular complexity index is 840. The van der Waals surface area contributed by atoms with Gasteiger partial charge in [-0.05, 0) is 43.3 Å². The summed E-state index contributed by atoms with van der Waals surface area (Å²) in [6, 6.07) is 11.1. The van der Waals surface area contributed by atoms with E-state index in [-0.39, 0.29) is 5.91 Å². The van der Waals surface area contributed by atoms with E-state index in [2.05, 4.69) is 26.2 Å². The molecule has 0 fully saturated rings. The second kappa shape index (κ2) is 5.81. The third kappa shape index (κ3) is 2.57. The summed E-state index contributed by atoms with van der Waals surface area (Å²) in [5, 5.41) is 2.88. The molecule has 2 aromatic heterocycles. The zero-order valence-electron chi connectivity index (χ0n) is 12.1. The summed E-state index contributed by atoms with van der Waals surface area (Å²) in [6.07, 6.45) is 1.80. The number of aryl methyl sites for hydroxylation is 1. The monoisotopic (exact) mass is 359 g/mol. The molecule has 3 rings (SSSR count). The average molecular weight is 360 g/mol. The molecule has 0 unspecified atom stereocenters. The van der Waals surface area contributed by atoms with Crippen LogP contribution in [0, 0.1) is 6.92 Å². The number of aromatic nitrogens is 2. The molecule has 112 valence electrons. The van der Waals surface area contributed by atoms with Crippen LogP contribution < -0.4 is 10.1 Å². The van der Waals surface area contributed by atoms with Crippen LogP contribution in [0.15, 0.2) is 47.1 Å². The minimum absolute atomic E-state index is 0.208. The van der Waals surface area contributed by atoms with E-state index in [9.17, 15) is 4.79 Å². The van der Waals surface area contributed by atoms with Gasteiger partial charge >= 0.3 is 0 Å². The Morgan fingerprint density at radius 2 is 2.00 bits per heavy atom. The van der Waals surface area contributed by atoms with Gasteiger partial charge in [0.2, 0.25) is 0 Å². The summed E-state index contributed by atoms with van der Waals surface area (Å²) in [4.78, 5) is 17.0. The number of anilines is 1. The second-order valence-electron chi connectivity index (χ2n) is 4.78. The normalized spacial score (nSPS) is 10.7. The number of carbonyl (C=O) groups is 1. The Balaban J connectivity index is 2.00. The van der Waals surface area contributed by atoms with E-state index in [1.165, 1.54) is 0 Å². The van der Waals surface area contributed by atoms with Gasteiger partial charge in [0.05, 0.1) is 12.8 Å². The molecule has 0 aliphatic rings. The lowest BCUT2D eigenvalue weighted by molar-refractivity contribution is 0.102. The molecule has 0 saturated carbocycles. The van der Waals surface area contributed by atoms with E-state index in [0.29, 0.717) is 22.8 Å². The van der Waals surface area contributed by atoms with Gasteiger partial charge < -0.3 is 10.1 Å². The summed E-state index contributed by atoms with van der Waals surface area (Å²) in [7, 11) is 1.58. The number of methoxy groups -OCH3 is 1. The first-order valence-corrected chi connectivity index (χ1v) is 7.48. The number of rotatable bonds is 3. The Labute approximate surface area is 136 Å². The summed E-state index contributed by atoms with van der Waals surface area (Å²) in [5.74, 6) is 0.425. The van der Waals surface area contributed by atoms with Gasteiger partial charge in [0.1, 0.15) is 5.69 Å². The van der Waals surface area contributed by atoms with Crippen LogP contribution in [-0.2, 0) is 0 Å². The molecule has 5 nitrogen and oxygen atoms in total. The standard InChI is InChI=1S/C16H14BrN3O2/c1-10-14(16(21)19-12-7-5-11(17)6-8-12)20-9-3-4-13(22-2)15(20)18-10/h3-9H,1-2H3,(H,19,21). The lowest BCUT2D eigenvalue weighted by Crippen LogP contribution is -2.15. The minimum atomic E-state index is -0.208. The van der Waals surface area contributed by atoms with Crippen molar-refractivity contribution in [1.82, 2.24) is 9.38 Å². The average Bonchev–Trinajstić information content (AvgIpc) is 2.85. The Morgan fingerprint density at radius 1 is 1.27 bits per heavy atom. The number of imidazole rings is 1. The maximum Gasteiger partial charge on any atom is 0.274 e. The molecule has 1 aromatic carbocycles. The Hall–Kier alpha value is -2.34. The van der Waals surface area contributed by atoms with Crippen LogP contribution in [0.5, 0.6) is 5.75 Å². The fourth-order valence-corrected chi connectivity index (χ4v) is 2.58. The summed E-state index contributed by atoms with van der Waals surface area (Å²) in [5.41, 5.74) is 2.50. The molecule has 6 heteroatoms. The van der Waals surface area contributed by atoms with Crippen molar-refractivity contribution in [3.05, 3.63) is 58.5 Å². The summed E-state index contributed by atoms with van der Waals surface area (Å²) >= 11 is 3.37. The molecule has 0 bridgehead atoms.